The molecule has 2 aromatic heterocycles. The smallest absolute Gasteiger partial charge is 0.322 e. The predicted octanol–water partition coefficient (Wildman–Crippen LogP) is 1.61. The van der Waals surface area contributed by atoms with Crippen LogP contribution in [0.5, 0.6) is 0 Å². The quantitative estimate of drug-likeness (QED) is 0.702. The molecule has 2 N–H and O–H groups in total. The summed E-state index contributed by atoms with van der Waals surface area (Å²) < 4.78 is 8.41. The van der Waals surface area contributed by atoms with Gasteiger partial charge in [-0.2, -0.15) is 13.7 Å². The minimum atomic E-state index is -0.941. The lowest BCUT2D eigenvalue weighted by atomic mass is 10.2. The van der Waals surface area contributed by atoms with E-state index in [1.165, 1.54) is 11.7 Å². The fraction of sp³-hybridized carbons (Fsp3) is 0.214. The van der Waals surface area contributed by atoms with Gasteiger partial charge in [0.05, 0.1) is 11.7 Å². The lowest BCUT2D eigenvalue weighted by Gasteiger charge is -2.17. The van der Waals surface area contributed by atoms with E-state index in [1.807, 2.05) is 30.1 Å². The van der Waals surface area contributed by atoms with Crippen LogP contribution in [0.3, 0.4) is 0 Å². The molecule has 8 nitrogen and oxygen atoms in total. The molecule has 9 heteroatoms. The van der Waals surface area contributed by atoms with E-state index in [9.17, 15) is 4.79 Å². The molecule has 0 aliphatic rings. The van der Waals surface area contributed by atoms with Crippen LogP contribution in [0, 0.1) is 0 Å². The number of hydrogen-bond donors (Lipinski definition) is 2. The van der Waals surface area contributed by atoms with Gasteiger partial charge in [0.15, 0.2) is 0 Å². The van der Waals surface area contributed by atoms with Crippen molar-refractivity contribution in [3.05, 3.63) is 36.0 Å². The van der Waals surface area contributed by atoms with Gasteiger partial charge in [0, 0.05) is 19.8 Å². The van der Waals surface area contributed by atoms with Gasteiger partial charge >= 0.3 is 5.97 Å². The minimum Gasteiger partial charge on any atom is -0.480 e. The van der Waals surface area contributed by atoms with Crippen molar-refractivity contribution in [1.82, 2.24) is 18.7 Å². The number of carbonyl (C=O) groups is 1. The molecule has 0 unspecified atom stereocenters. The lowest BCUT2D eigenvalue weighted by molar-refractivity contribution is -0.134. The fourth-order valence-electron chi connectivity index (χ4n) is 2.07. The molecule has 1 aromatic carbocycles. The Labute approximate surface area is 136 Å². The van der Waals surface area contributed by atoms with Gasteiger partial charge in [-0.05, 0) is 23.8 Å². The number of benzene rings is 1. The van der Waals surface area contributed by atoms with Crippen LogP contribution in [0.25, 0.3) is 11.0 Å². The Morgan fingerprint density at radius 3 is 2.96 bits per heavy atom. The van der Waals surface area contributed by atoms with Crippen molar-refractivity contribution in [2.45, 2.75) is 6.54 Å². The van der Waals surface area contributed by atoms with Gasteiger partial charge in [0.2, 0.25) is 5.95 Å². The molecule has 0 amide bonds. The molecule has 0 aliphatic heterocycles. The summed E-state index contributed by atoms with van der Waals surface area (Å²) in [6.07, 6.45) is 1.59. The maximum atomic E-state index is 10.6. The molecule has 0 aliphatic carbocycles. The van der Waals surface area contributed by atoms with Crippen molar-refractivity contribution >= 4 is 40.5 Å². The van der Waals surface area contributed by atoms with Crippen molar-refractivity contribution in [3.8, 4) is 0 Å². The maximum absolute atomic E-state index is 10.6. The lowest BCUT2D eigenvalue weighted by Crippen LogP contribution is -2.20. The molecule has 0 spiro atoms. The molecular weight excluding hydrogens is 316 g/mol. The number of fused-ring (bicyclic) bond motifs is 1. The Hall–Kier alpha value is -2.81. The van der Waals surface area contributed by atoms with Crippen LogP contribution in [0.4, 0.5) is 11.8 Å². The standard InChI is InChI=1S/C14H14N6O2S/c1-20(8-9-2-3-10-11(6-9)19-23-18-10)14-15-5-4-12(17-14)16-7-13(21)22/h2-6H,7-8H2,1H3,(H,21,22)(H,15,16,17). The zero-order valence-corrected chi connectivity index (χ0v) is 13.1. The third-order valence-electron chi connectivity index (χ3n) is 3.14. The van der Waals surface area contributed by atoms with Crippen LogP contribution in [0.15, 0.2) is 30.5 Å². The van der Waals surface area contributed by atoms with Gasteiger partial charge < -0.3 is 15.3 Å². The second-order valence-electron chi connectivity index (χ2n) is 4.93. The number of anilines is 2. The third kappa shape index (κ3) is 3.69. The highest BCUT2D eigenvalue weighted by molar-refractivity contribution is 7.00. The third-order valence-corrected chi connectivity index (χ3v) is 3.70. The first-order valence-electron chi connectivity index (χ1n) is 6.83. The first kappa shape index (κ1) is 15.1. The van der Waals surface area contributed by atoms with E-state index in [2.05, 4.69) is 24.0 Å². The molecule has 3 rings (SSSR count). The summed E-state index contributed by atoms with van der Waals surface area (Å²) in [7, 11) is 1.87. The number of aromatic nitrogens is 4. The van der Waals surface area contributed by atoms with Crippen molar-refractivity contribution < 1.29 is 9.90 Å². The molecule has 0 saturated heterocycles. The van der Waals surface area contributed by atoms with Crippen LogP contribution in [0.1, 0.15) is 5.56 Å². The largest absolute Gasteiger partial charge is 0.480 e. The number of carboxylic acid groups (broad SMARTS) is 1. The molecule has 2 heterocycles. The average Bonchev–Trinajstić information content (AvgIpc) is 3.01. The summed E-state index contributed by atoms with van der Waals surface area (Å²) in [6, 6.07) is 7.55. The van der Waals surface area contributed by atoms with Crippen LogP contribution < -0.4 is 10.2 Å². The van der Waals surface area contributed by atoms with E-state index < -0.39 is 5.97 Å². The van der Waals surface area contributed by atoms with E-state index in [-0.39, 0.29) is 6.54 Å². The van der Waals surface area contributed by atoms with E-state index in [1.54, 1.807) is 12.3 Å². The Morgan fingerprint density at radius 1 is 1.30 bits per heavy atom. The van der Waals surface area contributed by atoms with Crippen LogP contribution in [0.2, 0.25) is 0 Å². The normalized spacial score (nSPS) is 10.7. The number of nitrogens with zero attached hydrogens (tertiary/aromatic N) is 5. The average molecular weight is 330 g/mol. The van der Waals surface area contributed by atoms with E-state index in [4.69, 9.17) is 5.11 Å². The SMILES string of the molecule is CN(Cc1ccc2nsnc2c1)c1nccc(NCC(=O)O)n1. The number of rotatable bonds is 6. The Morgan fingerprint density at radius 2 is 2.13 bits per heavy atom. The Kier molecular flexibility index (Phi) is 4.29. The number of hydrogen-bond acceptors (Lipinski definition) is 8. The van der Waals surface area contributed by atoms with E-state index >= 15 is 0 Å². The van der Waals surface area contributed by atoms with Crippen molar-refractivity contribution in [3.63, 3.8) is 0 Å². The zero-order valence-electron chi connectivity index (χ0n) is 12.3. The van der Waals surface area contributed by atoms with Crippen LogP contribution >= 0.6 is 11.7 Å². The minimum absolute atomic E-state index is 0.187. The molecule has 3 aromatic rings. The summed E-state index contributed by atoms with van der Waals surface area (Å²) in [5.41, 5.74) is 2.83. The van der Waals surface area contributed by atoms with Crippen molar-refractivity contribution in [2.24, 2.45) is 0 Å². The molecule has 118 valence electrons. The van der Waals surface area contributed by atoms with Gasteiger partial charge in [-0.25, -0.2) is 4.98 Å². The molecule has 0 bridgehead atoms. The molecule has 23 heavy (non-hydrogen) atoms. The first-order valence-corrected chi connectivity index (χ1v) is 7.56. The molecular formula is C14H14N6O2S. The van der Waals surface area contributed by atoms with E-state index in [0.717, 1.165) is 16.6 Å². The van der Waals surface area contributed by atoms with Gasteiger partial charge in [-0.3, -0.25) is 4.79 Å². The number of nitrogens with one attached hydrogen (secondary N) is 1. The maximum Gasteiger partial charge on any atom is 0.322 e. The van der Waals surface area contributed by atoms with Gasteiger partial charge in [0.1, 0.15) is 23.4 Å². The van der Waals surface area contributed by atoms with E-state index in [0.29, 0.717) is 18.3 Å². The van der Waals surface area contributed by atoms with Gasteiger partial charge in [0.25, 0.3) is 0 Å². The fourth-order valence-corrected chi connectivity index (χ4v) is 2.58. The molecule has 0 fully saturated rings. The summed E-state index contributed by atoms with van der Waals surface area (Å²) in [6.45, 7) is 0.420. The topological polar surface area (TPSA) is 104 Å². The second-order valence-corrected chi connectivity index (χ2v) is 5.46. The van der Waals surface area contributed by atoms with Crippen molar-refractivity contribution in [2.75, 3.05) is 23.8 Å². The zero-order chi connectivity index (χ0) is 16.2. The summed E-state index contributed by atoms with van der Waals surface area (Å²) >= 11 is 1.19. The molecule has 0 radical (unpaired) electrons. The van der Waals surface area contributed by atoms with Crippen LogP contribution in [-0.2, 0) is 11.3 Å². The number of aliphatic carboxylic acids is 1. The van der Waals surface area contributed by atoms with Crippen LogP contribution in [-0.4, -0.2) is 43.4 Å². The summed E-state index contributed by atoms with van der Waals surface area (Å²) in [5.74, 6) is 0.0454. The highest BCUT2D eigenvalue weighted by Gasteiger charge is 2.08. The molecule has 0 saturated carbocycles. The molecule has 0 atom stereocenters. The van der Waals surface area contributed by atoms with Crippen molar-refractivity contribution in [1.29, 1.82) is 0 Å². The Bertz CT molecular complexity index is 837. The predicted molar refractivity (Wildman–Crippen MR) is 87.7 cm³/mol. The number of carboxylic acids is 1. The summed E-state index contributed by atoms with van der Waals surface area (Å²) in [4.78, 5) is 21.0. The summed E-state index contributed by atoms with van der Waals surface area (Å²) in [5, 5.41) is 11.4. The highest BCUT2D eigenvalue weighted by atomic mass is 32.1. The van der Waals surface area contributed by atoms with Gasteiger partial charge in [-0.1, -0.05) is 6.07 Å². The monoisotopic (exact) mass is 330 g/mol. The highest BCUT2D eigenvalue weighted by Crippen LogP contribution is 2.17. The first-order chi connectivity index (χ1) is 11.1. The van der Waals surface area contributed by atoms with Gasteiger partial charge in [-0.15, -0.1) is 0 Å². The second kappa shape index (κ2) is 6.53. The Balaban J connectivity index is 1.73.